The lowest BCUT2D eigenvalue weighted by atomic mass is 9.85. The lowest BCUT2D eigenvalue weighted by Gasteiger charge is -2.26. The molecule has 2 aliphatic rings. The zero-order chi connectivity index (χ0) is 19.1. The number of carbonyl (C=O) groups is 1. The van der Waals surface area contributed by atoms with Crippen molar-refractivity contribution < 1.29 is 19.0 Å². The predicted octanol–water partition coefficient (Wildman–Crippen LogP) is 3.45. The summed E-state index contributed by atoms with van der Waals surface area (Å²) in [6, 6.07) is 3.77. The summed E-state index contributed by atoms with van der Waals surface area (Å²) in [6.07, 6.45) is 1.35. The highest BCUT2D eigenvalue weighted by atomic mass is 16.7. The second-order valence-electron chi connectivity index (χ2n) is 7.51. The SMILES string of the molecule is COc1cc2c(cc1[C@H]1CC(=O)Nc3c1c(C)nn3CCC(C)C)OCO2. The Balaban J connectivity index is 1.79. The Labute approximate surface area is 158 Å². The van der Waals surface area contributed by atoms with E-state index in [1.807, 2.05) is 23.7 Å². The van der Waals surface area contributed by atoms with Gasteiger partial charge in [0.15, 0.2) is 11.5 Å². The third kappa shape index (κ3) is 3.11. The number of benzene rings is 1. The number of fused-ring (bicyclic) bond motifs is 2. The smallest absolute Gasteiger partial charge is 0.231 e. The monoisotopic (exact) mass is 371 g/mol. The molecule has 1 N–H and O–H groups in total. The van der Waals surface area contributed by atoms with E-state index in [4.69, 9.17) is 19.3 Å². The van der Waals surface area contributed by atoms with Crippen LogP contribution in [0.15, 0.2) is 12.1 Å². The maximum atomic E-state index is 12.5. The van der Waals surface area contributed by atoms with Gasteiger partial charge in [0.05, 0.1) is 12.8 Å². The fourth-order valence-electron chi connectivity index (χ4n) is 3.81. The average molecular weight is 371 g/mol. The third-order valence-corrected chi connectivity index (χ3v) is 5.19. The van der Waals surface area contributed by atoms with Crippen LogP contribution in [-0.2, 0) is 11.3 Å². The number of nitrogens with one attached hydrogen (secondary N) is 1. The van der Waals surface area contributed by atoms with E-state index in [9.17, 15) is 4.79 Å². The van der Waals surface area contributed by atoms with E-state index in [2.05, 4.69) is 19.2 Å². The maximum Gasteiger partial charge on any atom is 0.231 e. The molecule has 4 rings (SSSR count). The van der Waals surface area contributed by atoms with E-state index in [0.29, 0.717) is 29.6 Å². The van der Waals surface area contributed by atoms with Crippen LogP contribution in [0.2, 0.25) is 0 Å². The van der Waals surface area contributed by atoms with Crippen LogP contribution < -0.4 is 19.5 Å². The van der Waals surface area contributed by atoms with Crippen molar-refractivity contribution in [1.82, 2.24) is 9.78 Å². The van der Waals surface area contributed by atoms with Crippen LogP contribution in [0.3, 0.4) is 0 Å². The molecule has 27 heavy (non-hydrogen) atoms. The van der Waals surface area contributed by atoms with Gasteiger partial charge in [-0.15, -0.1) is 0 Å². The topological polar surface area (TPSA) is 74.6 Å². The first-order chi connectivity index (χ1) is 13.0. The first-order valence-corrected chi connectivity index (χ1v) is 9.32. The van der Waals surface area contributed by atoms with Crippen LogP contribution in [0.4, 0.5) is 5.82 Å². The first-order valence-electron chi connectivity index (χ1n) is 9.32. The highest BCUT2D eigenvalue weighted by Crippen LogP contribution is 2.47. The van der Waals surface area contributed by atoms with Crippen molar-refractivity contribution in [2.24, 2.45) is 5.92 Å². The normalized spacial score (nSPS) is 17.8. The Bertz CT molecular complexity index is 888. The zero-order valence-corrected chi connectivity index (χ0v) is 16.2. The Hall–Kier alpha value is -2.70. The van der Waals surface area contributed by atoms with E-state index < -0.39 is 0 Å². The van der Waals surface area contributed by atoms with Crippen LogP contribution in [0.1, 0.15) is 49.4 Å². The number of rotatable bonds is 5. The maximum absolute atomic E-state index is 12.5. The summed E-state index contributed by atoms with van der Waals surface area (Å²) in [7, 11) is 1.63. The average Bonchev–Trinajstić information content (AvgIpc) is 3.22. The van der Waals surface area contributed by atoms with E-state index in [1.54, 1.807) is 7.11 Å². The quantitative estimate of drug-likeness (QED) is 0.871. The van der Waals surface area contributed by atoms with E-state index >= 15 is 0 Å². The van der Waals surface area contributed by atoms with Crippen LogP contribution in [0.25, 0.3) is 0 Å². The molecular formula is C20H25N3O4. The summed E-state index contributed by atoms with van der Waals surface area (Å²) in [4.78, 5) is 12.5. The number of aryl methyl sites for hydroxylation is 2. The summed E-state index contributed by atoms with van der Waals surface area (Å²) < 4.78 is 18.5. The van der Waals surface area contributed by atoms with Gasteiger partial charge in [-0.25, -0.2) is 4.68 Å². The van der Waals surface area contributed by atoms with Gasteiger partial charge in [-0.3, -0.25) is 4.79 Å². The fourth-order valence-corrected chi connectivity index (χ4v) is 3.81. The molecule has 1 amide bonds. The molecule has 0 spiro atoms. The largest absolute Gasteiger partial charge is 0.496 e. The molecule has 7 nitrogen and oxygen atoms in total. The van der Waals surface area contributed by atoms with Gasteiger partial charge in [0.2, 0.25) is 12.7 Å². The summed E-state index contributed by atoms with van der Waals surface area (Å²) in [5.41, 5.74) is 2.90. The summed E-state index contributed by atoms with van der Waals surface area (Å²) in [5.74, 6) is 3.26. The minimum absolute atomic E-state index is 0.0158. The van der Waals surface area contributed by atoms with E-state index in [1.165, 1.54) is 0 Å². The number of carbonyl (C=O) groups excluding carboxylic acids is 1. The number of ether oxygens (including phenoxy) is 3. The number of hydrogen-bond acceptors (Lipinski definition) is 5. The lowest BCUT2D eigenvalue weighted by Crippen LogP contribution is -2.25. The molecule has 0 saturated heterocycles. The number of methoxy groups -OCH3 is 1. The molecule has 7 heteroatoms. The summed E-state index contributed by atoms with van der Waals surface area (Å²) >= 11 is 0. The molecule has 3 heterocycles. The summed E-state index contributed by atoms with van der Waals surface area (Å²) in [5, 5.41) is 7.73. The molecule has 0 radical (unpaired) electrons. The second-order valence-corrected chi connectivity index (χ2v) is 7.51. The van der Waals surface area contributed by atoms with Gasteiger partial charge in [-0.1, -0.05) is 13.8 Å². The van der Waals surface area contributed by atoms with E-state index in [0.717, 1.165) is 35.6 Å². The molecule has 0 fully saturated rings. The van der Waals surface area contributed by atoms with Gasteiger partial charge < -0.3 is 19.5 Å². The highest BCUT2D eigenvalue weighted by molar-refractivity contribution is 5.94. The molecule has 1 aromatic carbocycles. The van der Waals surface area contributed by atoms with E-state index in [-0.39, 0.29) is 18.6 Å². The Kier molecular flexibility index (Phi) is 4.45. The number of hydrogen-bond donors (Lipinski definition) is 1. The van der Waals surface area contributed by atoms with Crippen molar-refractivity contribution in [2.75, 3.05) is 19.2 Å². The number of anilines is 1. The van der Waals surface area contributed by atoms with Gasteiger partial charge in [0.1, 0.15) is 11.6 Å². The van der Waals surface area contributed by atoms with Crippen LogP contribution >= 0.6 is 0 Å². The van der Waals surface area contributed by atoms with Gasteiger partial charge in [-0.2, -0.15) is 5.10 Å². The van der Waals surface area contributed by atoms with Crippen molar-refractivity contribution in [2.45, 2.75) is 46.1 Å². The molecule has 2 aromatic rings. The van der Waals surface area contributed by atoms with Gasteiger partial charge in [-0.05, 0) is 25.3 Å². The molecule has 0 saturated carbocycles. The standard InChI is InChI=1S/C20H25N3O4/c1-11(2)5-6-23-20-19(12(3)22-23)14(8-18(24)21-20)13-7-16-17(27-10-26-16)9-15(13)25-4/h7,9,11,14H,5-6,8,10H2,1-4H3,(H,21,24)/t14-/m1/s1. The predicted molar refractivity (Wildman–Crippen MR) is 101 cm³/mol. The zero-order valence-electron chi connectivity index (χ0n) is 16.2. The van der Waals surface area contributed by atoms with Gasteiger partial charge in [0, 0.05) is 36.1 Å². The van der Waals surface area contributed by atoms with Crippen LogP contribution in [0, 0.1) is 12.8 Å². The summed E-state index contributed by atoms with van der Waals surface area (Å²) in [6.45, 7) is 7.33. The molecule has 0 bridgehead atoms. The third-order valence-electron chi connectivity index (χ3n) is 5.19. The fraction of sp³-hybridized carbons (Fsp3) is 0.500. The van der Waals surface area contributed by atoms with Crippen molar-refractivity contribution >= 4 is 11.7 Å². The van der Waals surface area contributed by atoms with Crippen molar-refractivity contribution in [3.05, 3.63) is 29.0 Å². The Morgan fingerprint density at radius 3 is 2.78 bits per heavy atom. The number of aromatic nitrogens is 2. The second kappa shape index (κ2) is 6.79. The van der Waals surface area contributed by atoms with Crippen molar-refractivity contribution in [3.63, 3.8) is 0 Å². The Morgan fingerprint density at radius 2 is 2.07 bits per heavy atom. The molecule has 1 atom stereocenters. The van der Waals surface area contributed by atoms with Crippen molar-refractivity contribution in [3.8, 4) is 17.2 Å². The van der Waals surface area contributed by atoms with Crippen LogP contribution in [0.5, 0.6) is 17.2 Å². The molecule has 0 aliphatic carbocycles. The molecule has 0 unspecified atom stereocenters. The van der Waals surface area contributed by atoms with Gasteiger partial charge >= 0.3 is 0 Å². The van der Waals surface area contributed by atoms with Crippen molar-refractivity contribution in [1.29, 1.82) is 0 Å². The molecule has 144 valence electrons. The van der Waals surface area contributed by atoms with Crippen LogP contribution in [-0.4, -0.2) is 29.6 Å². The lowest BCUT2D eigenvalue weighted by molar-refractivity contribution is -0.116. The van der Waals surface area contributed by atoms with Gasteiger partial charge in [0.25, 0.3) is 0 Å². The molecule has 1 aromatic heterocycles. The molecule has 2 aliphatic heterocycles. The number of amides is 1. The highest BCUT2D eigenvalue weighted by Gasteiger charge is 2.35. The Morgan fingerprint density at radius 1 is 1.33 bits per heavy atom. The molecular weight excluding hydrogens is 346 g/mol. The minimum atomic E-state index is -0.133. The number of nitrogens with zero attached hydrogens (tertiary/aromatic N) is 2. The first kappa shape index (κ1) is 17.7. The minimum Gasteiger partial charge on any atom is -0.496 e.